The Balaban J connectivity index is 1.53. The third-order valence-corrected chi connectivity index (χ3v) is 6.56. The van der Waals surface area contributed by atoms with Crippen molar-refractivity contribution in [1.29, 1.82) is 0 Å². The number of halogens is 1. The van der Waals surface area contributed by atoms with E-state index < -0.39 is 17.3 Å². The van der Waals surface area contributed by atoms with Gasteiger partial charge in [0.2, 0.25) is 0 Å². The first-order valence-electron chi connectivity index (χ1n) is 11.4. The minimum absolute atomic E-state index is 0.0634. The summed E-state index contributed by atoms with van der Waals surface area (Å²) in [5.41, 5.74) is 2.91. The Bertz CT molecular complexity index is 1500. The molecule has 0 unspecified atom stereocenters. The van der Waals surface area contributed by atoms with Crippen LogP contribution >= 0.6 is 0 Å². The summed E-state index contributed by atoms with van der Waals surface area (Å²) < 4.78 is 28.1. The smallest absolute Gasteiger partial charge is 0.295 e. The number of hydrogen-bond acceptors (Lipinski definition) is 5. The fourth-order valence-electron chi connectivity index (χ4n) is 4.59. The van der Waals surface area contributed by atoms with E-state index in [0.717, 1.165) is 36.1 Å². The van der Waals surface area contributed by atoms with E-state index in [1.54, 1.807) is 33.2 Å². The van der Waals surface area contributed by atoms with Gasteiger partial charge in [0.25, 0.3) is 11.5 Å². The average Bonchev–Trinajstić information content (AvgIpc) is 3.35. The topological polar surface area (TPSA) is 91.3 Å². The lowest BCUT2D eigenvalue weighted by Gasteiger charge is -2.14. The summed E-state index contributed by atoms with van der Waals surface area (Å²) in [6.45, 7) is 1.69. The van der Waals surface area contributed by atoms with Gasteiger partial charge in [-0.2, -0.15) is 0 Å². The normalized spacial score (nSPS) is 12.9. The molecule has 0 saturated heterocycles. The molecule has 0 saturated carbocycles. The van der Waals surface area contributed by atoms with Crippen LogP contribution in [0.25, 0.3) is 17.0 Å². The maximum absolute atomic E-state index is 14.4. The number of benzene rings is 2. The van der Waals surface area contributed by atoms with Crippen molar-refractivity contribution in [3.63, 3.8) is 0 Å². The van der Waals surface area contributed by atoms with Gasteiger partial charge in [-0.25, -0.2) is 9.07 Å². The van der Waals surface area contributed by atoms with E-state index in [0.29, 0.717) is 23.4 Å². The van der Waals surface area contributed by atoms with Gasteiger partial charge in [0.1, 0.15) is 22.9 Å². The molecule has 5 rings (SSSR count). The van der Waals surface area contributed by atoms with Crippen molar-refractivity contribution in [2.24, 2.45) is 7.05 Å². The van der Waals surface area contributed by atoms with E-state index in [9.17, 15) is 14.0 Å². The molecule has 0 fully saturated rings. The summed E-state index contributed by atoms with van der Waals surface area (Å²) in [5.74, 6) is 0.230. The minimum Gasteiger partial charge on any atom is -0.497 e. The second-order valence-corrected chi connectivity index (χ2v) is 8.58. The number of fused-ring (bicyclic) bond motifs is 3. The molecule has 0 radical (unpaired) electrons. The van der Waals surface area contributed by atoms with Crippen LogP contribution in [0.3, 0.4) is 0 Å². The number of rotatable bonds is 4. The molecule has 1 amide bonds. The number of nitrogens with zero attached hydrogens (tertiary/aromatic N) is 3. The quantitative estimate of drug-likeness (QED) is 0.471. The third-order valence-electron chi connectivity index (χ3n) is 6.56. The molecule has 2 aromatic carbocycles. The van der Waals surface area contributed by atoms with E-state index in [1.165, 1.54) is 21.5 Å². The van der Waals surface area contributed by atoms with Crippen LogP contribution in [0, 0.1) is 12.7 Å². The van der Waals surface area contributed by atoms with E-state index >= 15 is 0 Å². The lowest BCUT2D eigenvalue weighted by atomic mass is 9.91. The molecule has 0 bridgehead atoms. The predicted octanol–water partition coefficient (Wildman–Crippen LogP) is 4.42. The zero-order valence-corrected chi connectivity index (χ0v) is 19.7. The van der Waals surface area contributed by atoms with Crippen LogP contribution in [-0.2, 0) is 19.9 Å². The second kappa shape index (κ2) is 8.90. The van der Waals surface area contributed by atoms with Gasteiger partial charge in [0.15, 0.2) is 11.5 Å². The number of amides is 1. The number of aryl methyl sites for hydroxylation is 1. The molecule has 1 aliphatic carbocycles. The molecule has 1 aliphatic rings. The van der Waals surface area contributed by atoms with Crippen LogP contribution in [0.4, 0.5) is 10.1 Å². The molecule has 2 aromatic heterocycles. The van der Waals surface area contributed by atoms with Crippen LogP contribution in [0.2, 0.25) is 0 Å². The molecule has 1 N–H and O–H groups in total. The van der Waals surface area contributed by atoms with Crippen molar-refractivity contribution in [3.8, 4) is 22.8 Å². The molecule has 0 aliphatic heterocycles. The first kappa shape index (κ1) is 22.6. The zero-order valence-electron chi connectivity index (χ0n) is 19.7. The number of hydrogen-bond donors (Lipinski definition) is 1. The van der Waals surface area contributed by atoms with Gasteiger partial charge in [-0.3, -0.25) is 14.3 Å². The van der Waals surface area contributed by atoms with Crippen LogP contribution in [0.1, 0.15) is 40.2 Å². The summed E-state index contributed by atoms with van der Waals surface area (Å²) in [6.07, 6.45) is 3.29. The highest BCUT2D eigenvalue weighted by Gasteiger charge is 2.28. The number of ether oxygens (including phenoxy) is 1. The standard InChI is InChI=1S/C26H25FN4O4/c1-15-22(26(33)31(30(15)2)21-11-7-6-10-20(21)27)28-25(32)23-19-9-5-4-8-16-14-17(34-3)12-13-18(16)24(19)35-29-23/h6-7,10-14H,4-5,8-9H2,1-3H3,(H,28,32). The molecule has 2 heterocycles. The van der Waals surface area contributed by atoms with Crippen molar-refractivity contribution in [2.75, 3.05) is 12.4 Å². The number of aromatic nitrogens is 3. The molecular formula is C26H25FN4O4. The summed E-state index contributed by atoms with van der Waals surface area (Å²) in [6, 6.07) is 11.7. The lowest BCUT2D eigenvalue weighted by molar-refractivity contribution is 0.101. The van der Waals surface area contributed by atoms with Crippen molar-refractivity contribution in [2.45, 2.75) is 32.6 Å². The Morgan fingerprint density at radius 1 is 1.17 bits per heavy atom. The summed E-state index contributed by atoms with van der Waals surface area (Å²) in [5, 5.41) is 6.79. The van der Waals surface area contributed by atoms with Gasteiger partial charge in [-0.15, -0.1) is 0 Å². The number of anilines is 1. The van der Waals surface area contributed by atoms with E-state index in [1.807, 2.05) is 18.2 Å². The van der Waals surface area contributed by atoms with Crippen LogP contribution in [-0.4, -0.2) is 27.5 Å². The van der Waals surface area contributed by atoms with Crippen molar-refractivity contribution in [1.82, 2.24) is 14.5 Å². The Labute approximate surface area is 200 Å². The number of carbonyl (C=O) groups is 1. The van der Waals surface area contributed by atoms with Gasteiger partial charge in [-0.1, -0.05) is 17.3 Å². The molecular weight excluding hydrogens is 451 g/mol. The molecule has 0 spiro atoms. The van der Waals surface area contributed by atoms with E-state index in [-0.39, 0.29) is 17.1 Å². The van der Waals surface area contributed by atoms with E-state index in [2.05, 4.69) is 10.5 Å². The summed E-state index contributed by atoms with van der Waals surface area (Å²) in [4.78, 5) is 26.5. The Hall–Kier alpha value is -4.14. The molecule has 180 valence electrons. The molecule has 8 nitrogen and oxygen atoms in total. The van der Waals surface area contributed by atoms with Gasteiger partial charge in [-0.05, 0) is 68.5 Å². The first-order valence-corrected chi connectivity index (χ1v) is 11.4. The Kier molecular flexibility index (Phi) is 5.76. The number of para-hydroxylation sites is 1. The molecule has 4 aromatic rings. The fourth-order valence-corrected chi connectivity index (χ4v) is 4.59. The highest BCUT2D eigenvalue weighted by molar-refractivity contribution is 6.05. The SMILES string of the molecule is COc1ccc2c(c1)CCCCc1c(C(=O)Nc3c(C)n(C)n(-c4ccccc4F)c3=O)noc1-2. The predicted molar refractivity (Wildman–Crippen MR) is 129 cm³/mol. The van der Waals surface area contributed by atoms with Crippen LogP contribution < -0.4 is 15.6 Å². The lowest BCUT2D eigenvalue weighted by Crippen LogP contribution is -2.24. The first-order chi connectivity index (χ1) is 16.9. The maximum atomic E-state index is 14.4. The summed E-state index contributed by atoms with van der Waals surface area (Å²) in [7, 11) is 3.26. The van der Waals surface area contributed by atoms with Crippen molar-refractivity contribution >= 4 is 11.6 Å². The molecule has 35 heavy (non-hydrogen) atoms. The Morgan fingerprint density at radius 2 is 1.94 bits per heavy atom. The molecule has 9 heteroatoms. The van der Waals surface area contributed by atoms with E-state index in [4.69, 9.17) is 9.26 Å². The maximum Gasteiger partial charge on any atom is 0.295 e. The monoisotopic (exact) mass is 476 g/mol. The zero-order chi connectivity index (χ0) is 24.7. The fraction of sp³-hybridized carbons (Fsp3) is 0.269. The van der Waals surface area contributed by atoms with Gasteiger partial charge < -0.3 is 14.6 Å². The molecule has 0 atom stereocenters. The third kappa shape index (κ3) is 3.82. The Morgan fingerprint density at radius 3 is 2.71 bits per heavy atom. The van der Waals surface area contributed by atoms with Crippen molar-refractivity contribution in [3.05, 3.63) is 81.2 Å². The highest BCUT2D eigenvalue weighted by atomic mass is 19.1. The van der Waals surface area contributed by atoms with Crippen LogP contribution in [0.5, 0.6) is 5.75 Å². The average molecular weight is 477 g/mol. The van der Waals surface area contributed by atoms with Gasteiger partial charge in [0, 0.05) is 18.2 Å². The van der Waals surface area contributed by atoms with Crippen LogP contribution in [0.15, 0.2) is 51.8 Å². The number of nitrogens with one attached hydrogen (secondary N) is 1. The van der Waals surface area contributed by atoms with Gasteiger partial charge in [0.05, 0.1) is 12.8 Å². The summed E-state index contributed by atoms with van der Waals surface area (Å²) >= 11 is 0. The number of methoxy groups -OCH3 is 1. The highest BCUT2D eigenvalue weighted by Crippen LogP contribution is 2.35. The number of carbonyl (C=O) groups excluding carboxylic acids is 1. The van der Waals surface area contributed by atoms with Crippen molar-refractivity contribution < 1.29 is 18.4 Å². The van der Waals surface area contributed by atoms with Gasteiger partial charge >= 0.3 is 0 Å². The second-order valence-electron chi connectivity index (χ2n) is 8.58. The minimum atomic E-state index is -0.544. The largest absolute Gasteiger partial charge is 0.497 e.